The molecule has 2 rings (SSSR count). The molecule has 22 heavy (non-hydrogen) atoms. The summed E-state index contributed by atoms with van der Waals surface area (Å²) in [5.41, 5.74) is 1.17. The van der Waals surface area contributed by atoms with E-state index in [1.807, 2.05) is 34.9 Å². The molecule has 2 N–H and O–H groups in total. The average molecular weight is 345 g/mol. The lowest BCUT2D eigenvalue weighted by Gasteiger charge is -2.30. The summed E-state index contributed by atoms with van der Waals surface area (Å²) in [7, 11) is 0. The molecule has 1 amide bonds. The molecule has 124 valence electrons. The van der Waals surface area contributed by atoms with Crippen molar-refractivity contribution in [3.63, 3.8) is 0 Å². The second kappa shape index (κ2) is 10.9. The molecule has 0 aliphatic carbocycles. The Kier molecular flexibility index (Phi) is 9.55. The van der Waals surface area contributed by atoms with E-state index in [-0.39, 0.29) is 31.0 Å². The Morgan fingerprint density at radius 1 is 1.27 bits per heavy atom. The molecule has 0 radical (unpaired) electrons. The number of nitrogens with one attached hydrogen (secondary N) is 1. The molecule has 4 nitrogen and oxygen atoms in total. The number of aliphatic hydroxyl groups is 1. The summed E-state index contributed by atoms with van der Waals surface area (Å²) >= 11 is 1.91. The largest absolute Gasteiger partial charge is 0.396 e. The van der Waals surface area contributed by atoms with Gasteiger partial charge in [0, 0.05) is 31.2 Å². The van der Waals surface area contributed by atoms with Crippen LogP contribution in [0.25, 0.3) is 0 Å². The summed E-state index contributed by atoms with van der Waals surface area (Å²) in [6.07, 6.45) is 1.38. The van der Waals surface area contributed by atoms with Gasteiger partial charge in [-0.15, -0.1) is 12.4 Å². The number of carbonyl (C=O) groups excluding carboxylic acids is 1. The highest BCUT2D eigenvalue weighted by Gasteiger charge is 2.25. The van der Waals surface area contributed by atoms with Gasteiger partial charge in [-0.05, 0) is 24.9 Å². The van der Waals surface area contributed by atoms with Gasteiger partial charge in [0.2, 0.25) is 5.91 Å². The molecule has 1 aliphatic heterocycles. The fourth-order valence-electron chi connectivity index (χ4n) is 2.46. The van der Waals surface area contributed by atoms with E-state index in [1.54, 1.807) is 0 Å². The van der Waals surface area contributed by atoms with Crippen molar-refractivity contribution in [1.29, 1.82) is 0 Å². The third-order valence-corrected chi connectivity index (χ3v) is 4.57. The lowest BCUT2D eigenvalue weighted by atomic mass is 10.0. The van der Waals surface area contributed by atoms with Gasteiger partial charge >= 0.3 is 0 Å². The fourth-order valence-corrected chi connectivity index (χ4v) is 3.36. The maximum atomic E-state index is 12.7. The number of rotatable bonds is 7. The van der Waals surface area contributed by atoms with Crippen LogP contribution in [-0.4, -0.2) is 59.7 Å². The van der Waals surface area contributed by atoms with E-state index in [2.05, 4.69) is 17.4 Å². The molecular weight excluding hydrogens is 320 g/mol. The molecule has 1 aromatic carbocycles. The zero-order chi connectivity index (χ0) is 14.9. The molecule has 1 saturated heterocycles. The van der Waals surface area contributed by atoms with Crippen molar-refractivity contribution in [3.05, 3.63) is 35.9 Å². The highest BCUT2D eigenvalue weighted by molar-refractivity contribution is 7.99. The first-order valence-electron chi connectivity index (χ1n) is 7.56. The highest BCUT2D eigenvalue weighted by atomic mass is 35.5. The van der Waals surface area contributed by atoms with E-state index in [1.165, 1.54) is 5.56 Å². The Morgan fingerprint density at radius 3 is 2.59 bits per heavy atom. The van der Waals surface area contributed by atoms with Crippen LogP contribution < -0.4 is 5.32 Å². The smallest absolute Gasteiger partial charge is 0.240 e. The van der Waals surface area contributed by atoms with Crippen molar-refractivity contribution < 1.29 is 9.90 Å². The molecule has 1 aliphatic rings. The maximum absolute atomic E-state index is 12.7. The summed E-state index contributed by atoms with van der Waals surface area (Å²) in [6, 6.07) is 9.91. The summed E-state index contributed by atoms with van der Waals surface area (Å²) in [5, 5.41) is 12.2. The number of hydrogen-bond donors (Lipinski definition) is 2. The van der Waals surface area contributed by atoms with E-state index < -0.39 is 0 Å². The first-order chi connectivity index (χ1) is 10.3. The Labute approximate surface area is 143 Å². The summed E-state index contributed by atoms with van der Waals surface area (Å²) in [4.78, 5) is 14.7. The van der Waals surface area contributed by atoms with Gasteiger partial charge in [0.15, 0.2) is 0 Å². The summed E-state index contributed by atoms with van der Waals surface area (Å²) in [6.45, 7) is 2.51. The SMILES string of the molecule is Cl.O=C(C(Cc1ccccc1)NCCCO)N1CCSCC1. The number of carbonyl (C=O) groups is 1. The normalized spacial score (nSPS) is 16.0. The third-order valence-electron chi connectivity index (χ3n) is 3.63. The first-order valence-corrected chi connectivity index (χ1v) is 8.71. The molecule has 6 heteroatoms. The van der Waals surface area contributed by atoms with Crippen molar-refractivity contribution >= 4 is 30.1 Å². The standard InChI is InChI=1S/C16H24N2O2S.ClH/c19-10-4-7-17-15(13-14-5-2-1-3-6-14)16(20)18-8-11-21-12-9-18;/h1-3,5-6,15,17,19H,4,7-13H2;1H. The van der Waals surface area contributed by atoms with Crippen LogP contribution in [0.2, 0.25) is 0 Å². The molecule has 0 bridgehead atoms. The van der Waals surface area contributed by atoms with E-state index >= 15 is 0 Å². The Morgan fingerprint density at radius 2 is 1.95 bits per heavy atom. The van der Waals surface area contributed by atoms with Crippen LogP contribution in [0, 0.1) is 0 Å². The van der Waals surface area contributed by atoms with Crippen LogP contribution in [0.3, 0.4) is 0 Å². The van der Waals surface area contributed by atoms with Gasteiger partial charge < -0.3 is 15.3 Å². The molecule has 1 aromatic rings. The van der Waals surface area contributed by atoms with E-state index in [4.69, 9.17) is 5.11 Å². The summed E-state index contributed by atoms with van der Waals surface area (Å²) in [5.74, 6) is 2.25. The second-order valence-corrected chi connectivity index (χ2v) is 6.44. The lowest BCUT2D eigenvalue weighted by molar-refractivity contribution is -0.133. The monoisotopic (exact) mass is 344 g/mol. The van der Waals surface area contributed by atoms with Crippen LogP contribution in [0.1, 0.15) is 12.0 Å². The minimum atomic E-state index is -0.193. The predicted molar refractivity (Wildman–Crippen MR) is 94.8 cm³/mol. The number of benzene rings is 1. The van der Waals surface area contributed by atoms with Gasteiger partial charge in [-0.3, -0.25) is 4.79 Å². The van der Waals surface area contributed by atoms with Gasteiger partial charge in [-0.25, -0.2) is 0 Å². The maximum Gasteiger partial charge on any atom is 0.240 e. The zero-order valence-electron chi connectivity index (χ0n) is 12.7. The topological polar surface area (TPSA) is 52.6 Å². The molecule has 1 unspecified atom stereocenters. The van der Waals surface area contributed by atoms with Crippen molar-refractivity contribution in [2.45, 2.75) is 18.9 Å². The van der Waals surface area contributed by atoms with Gasteiger partial charge in [-0.1, -0.05) is 30.3 Å². The quantitative estimate of drug-likeness (QED) is 0.737. The number of nitrogens with zero attached hydrogens (tertiary/aromatic N) is 1. The van der Waals surface area contributed by atoms with Crippen molar-refractivity contribution in [3.8, 4) is 0 Å². The molecule has 1 fully saturated rings. The van der Waals surface area contributed by atoms with Crippen molar-refractivity contribution in [1.82, 2.24) is 10.2 Å². The molecule has 1 atom stereocenters. The van der Waals surface area contributed by atoms with Crippen LogP contribution in [0.4, 0.5) is 0 Å². The van der Waals surface area contributed by atoms with Gasteiger partial charge in [-0.2, -0.15) is 11.8 Å². The molecule has 1 heterocycles. The molecule has 0 spiro atoms. The van der Waals surface area contributed by atoms with Crippen LogP contribution in [-0.2, 0) is 11.2 Å². The number of aliphatic hydroxyl groups excluding tert-OH is 1. The Hall–Kier alpha value is -0.750. The van der Waals surface area contributed by atoms with E-state index in [9.17, 15) is 4.79 Å². The van der Waals surface area contributed by atoms with Gasteiger partial charge in [0.25, 0.3) is 0 Å². The highest BCUT2D eigenvalue weighted by Crippen LogP contribution is 2.12. The Bertz CT molecular complexity index is 427. The molecule has 0 aromatic heterocycles. The third kappa shape index (κ3) is 6.16. The number of halogens is 1. The minimum absolute atomic E-state index is 0. The minimum Gasteiger partial charge on any atom is -0.396 e. The lowest BCUT2D eigenvalue weighted by Crippen LogP contribution is -2.50. The first kappa shape index (κ1) is 19.3. The second-order valence-electron chi connectivity index (χ2n) is 5.21. The number of amides is 1. The number of hydrogen-bond acceptors (Lipinski definition) is 4. The van der Waals surface area contributed by atoms with Crippen LogP contribution in [0.15, 0.2) is 30.3 Å². The van der Waals surface area contributed by atoms with Crippen LogP contribution in [0.5, 0.6) is 0 Å². The van der Waals surface area contributed by atoms with E-state index in [0.29, 0.717) is 19.4 Å². The predicted octanol–water partition coefficient (Wildman–Crippen LogP) is 1.57. The fraction of sp³-hybridized carbons (Fsp3) is 0.562. The van der Waals surface area contributed by atoms with Crippen molar-refractivity contribution in [2.24, 2.45) is 0 Å². The van der Waals surface area contributed by atoms with E-state index in [0.717, 1.165) is 24.6 Å². The number of thioether (sulfide) groups is 1. The average Bonchev–Trinajstić information content (AvgIpc) is 2.55. The molecular formula is C16H25ClN2O2S. The summed E-state index contributed by atoms with van der Waals surface area (Å²) < 4.78 is 0. The van der Waals surface area contributed by atoms with Crippen LogP contribution >= 0.6 is 24.2 Å². The zero-order valence-corrected chi connectivity index (χ0v) is 14.4. The van der Waals surface area contributed by atoms with Gasteiger partial charge in [0.05, 0.1) is 6.04 Å². The van der Waals surface area contributed by atoms with Gasteiger partial charge in [0.1, 0.15) is 0 Å². The molecule has 0 saturated carbocycles. The Balaban J connectivity index is 0.00000242. The van der Waals surface area contributed by atoms with Crippen molar-refractivity contribution in [2.75, 3.05) is 37.7 Å².